The Balaban J connectivity index is 1.48. The molecule has 0 saturated carbocycles. The highest BCUT2D eigenvalue weighted by Gasteiger charge is 2.49. The number of carbonyl (C=O) groups excluding carboxylic acids is 2. The lowest BCUT2D eigenvalue weighted by Gasteiger charge is -2.41. The minimum atomic E-state index is -2.01. The molecule has 17 nitrogen and oxygen atoms in total. The molecule has 0 radical (unpaired) electrons. The zero-order valence-corrected chi connectivity index (χ0v) is 24.1. The summed E-state index contributed by atoms with van der Waals surface area (Å²) in [6.45, 7) is 0.462. The van der Waals surface area contributed by atoms with Gasteiger partial charge in [-0.25, -0.2) is 4.79 Å². The zero-order chi connectivity index (χ0) is 34.3. The van der Waals surface area contributed by atoms with Gasteiger partial charge in [0.05, 0.1) is 17.2 Å². The second-order valence-electron chi connectivity index (χ2n) is 10.6. The van der Waals surface area contributed by atoms with Gasteiger partial charge >= 0.3 is 11.9 Å². The number of phenols is 7. The summed E-state index contributed by atoms with van der Waals surface area (Å²) in [4.78, 5) is 24.4. The van der Waals surface area contributed by atoms with Crippen molar-refractivity contribution in [2.45, 2.75) is 43.7 Å². The number of rotatable bonds is 7. The number of ether oxygens (including phenoxy) is 5. The third-order valence-corrected chi connectivity index (χ3v) is 7.24. The fourth-order valence-electron chi connectivity index (χ4n) is 4.90. The molecule has 250 valence electrons. The van der Waals surface area contributed by atoms with E-state index in [1.807, 2.05) is 0 Å². The fraction of sp³-hybridized carbons (Fsp3) is 0.267. The molecule has 0 spiro atoms. The molecule has 6 atom stereocenters. The van der Waals surface area contributed by atoms with Crippen molar-refractivity contribution in [3.8, 4) is 51.7 Å². The number of fused-ring (bicyclic) bond motifs is 1. The van der Waals surface area contributed by atoms with Crippen molar-refractivity contribution >= 4 is 18.0 Å². The highest BCUT2D eigenvalue weighted by atomic mass is 16.7. The van der Waals surface area contributed by atoms with Gasteiger partial charge in [0.1, 0.15) is 42.0 Å². The summed E-state index contributed by atoms with van der Waals surface area (Å²) in [7, 11) is 0. The zero-order valence-electron chi connectivity index (χ0n) is 24.1. The van der Waals surface area contributed by atoms with Crippen molar-refractivity contribution in [1.29, 1.82) is 0 Å². The van der Waals surface area contributed by atoms with Crippen LogP contribution < -0.4 is 4.74 Å². The molecule has 0 aliphatic carbocycles. The second-order valence-corrected chi connectivity index (χ2v) is 10.6. The molecule has 2 heterocycles. The molecule has 17 heteroatoms. The first kappa shape index (κ1) is 32.6. The van der Waals surface area contributed by atoms with Gasteiger partial charge in [0.2, 0.25) is 12.0 Å². The van der Waals surface area contributed by atoms with Crippen LogP contribution >= 0.6 is 0 Å². The highest BCUT2D eigenvalue weighted by Crippen LogP contribution is 2.47. The molecule has 11 N–H and O–H groups in total. The fourth-order valence-corrected chi connectivity index (χ4v) is 4.90. The van der Waals surface area contributed by atoms with E-state index in [1.54, 1.807) is 0 Å². The molecule has 0 aromatic heterocycles. The van der Waals surface area contributed by atoms with Crippen LogP contribution in [0.4, 0.5) is 0 Å². The Kier molecular flexibility index (Phi) is 8.70. The van der Waals surface area contributed by atoms with Crippen molar-refractivity contribution in [1.82, 2.24) is 0 Å². The van der Waals surface area contributed by atoms with Gasteiger partial charge in [0.15, 0.2) is 40.6 Å². The lowest BCUT2D eigenvalue weighted by molar-refractivity contribution is -0.277. The summed E-state index contributed by atoms with van der Waals surface area (Å²) >= 11 is 0. The van der Waals surface area contributed by atoms with Crippen LogP contribution in [0, 0.1) is 0 Å². The minimum Gasteiger partial charge on any atom is -0.571 e. The number of esters is 2. The first-order valence-corrected chi connectivity index (χ1v) is 13.6. The van der Waals surface area contributed by atoms with E-state index in [0.29, 0.717) is 0 Å². The molecule has 1 saturated heterocycles. The summed E-state index contributed by atoms with van der Waals surface area (Å²) in [6.07, 6.45) is -9.28. The van der Waals surface area contributed by atoms with Gasteiger partial charge < -0.3 is 74.7 Å². The van der Waals surface area contributed by atoms with E-state index in [0.717, 1.165) is 37.3 Å². The van der Waals surface area contributed by atoms with Crippen LogP contribution in [0.3, 0.4) is 0 Å². The largest absolute Gasteiger partial charge is 0.571 e. The Labute approximate surface area is 263 Å². The van der Waals surface area contributed by atoms with Gasteiger partial charge in [-0.1, -0.05) is 0 Å². The lowest BCUT2D eigenvalue weighted by atomic mass is 9.98. The van der Waals surface area contributed by atoms with Crippen LogP contribution in [-0.4, -0.2) is 105 Å². The normalized spacial score (nSPS) is 23.5. The number of benzene rings is 3. The van der Waals surface area contributed by atoms with E-state index in [9.17, 15) is 60.7 Å². The first-order chi connectivity index (χ1) is 22.1. The maximum atomic E-state index is 13.0. The predicted molar refractivity (Wildman–Crippen MR) is 153 cm³/mol. The Hall–Kier alpha value is -5.78. The number of hydrogen-bond acceptors (Lipinski definition) is 16. The summed E-state index contributed by atoms with van der Waals surface area (Å²) in [5.74, 6) is -8.08. The Bertz CT molecular complexity index is 1730. The third kappa shape index (κ3) is 6.48. The van der Waals surface area contributed by atoms with E-state index in [-0.39, 0.29) is 28.4 Å². The molecular formula is C30H29O17+. The van der Waals surface area contributed by atoms with Crippen LogP contribution in [-0.2, 0) is 19.0 Å². The smallest absolute Gasteiger partial charge is 0.339 e. The maximum Gasteiger partial charge on any atom is 0.339 e. The van der Waals surface area contributed by atoms with Gasteiger partial charge in [0.25, 0.3) is 11.9 Å². The van der Waals surface area contributed by atoms with Gasteiger partial charge in [-0.2, -0.15) is 0 Å². The Morgan fingerprint density at radius 3 is 2.15 bits per heavy atom. The molecule has 3 aromatic carbocycles. The number of aliphatic hydroxyl groups is 4. The number of phenolic OH excluding ortho intramolecular Hbond substituents is 7. The van der Waals surface area contributed by atoms with Gasteiger partial charge in [-0.15, -0.1) is 0 Å². The van der Waals surface area contributed by atoms with Crippen molar-refractivity contribution in [2.24, 2.45) is 0 Å². The molecule has 2 aliphatic rings. The standard InChI is InChI=1S/C30H28O17/c1-10(31)43-9-22-25(40)26(41)28(47-29(42)12-3-16(34)23(38)17(35)4-12)30(46-22)45-21-5-11(2-18(36)24(21)39)27-19(37)8-14-15(33)6-13(32)7-20(14)44-27/h2-8,22,25-28,30,32-41H,9H2,1H3/p+1/t22-,25+,26+,27?,28-,30-/m1/s1. The lowest BCUT2D eigenvalue weighted by Crippen LogP contribution is -2.61. The number of carbonyl (C=O) groups is 2. The molecule has 2 aliphatic heterocycles. The molecule has 0 bridgehead atoms. The molecule has 1 unspecified atom stereocenters. The van der Waals surface area contributed by atoms with Gasteiger partial charge in [0, 0.05) is 19.1 Å². The van der Waals surface area contributed by atoms with Crippen molar-refractivity contribution in [3.63, 3.8) is 0 Å². The highest BCUT2D eigenvalue weighted by molar-refractivity contribution is 5.91. The minimum absolute atomic E-state index is 0.00558. The number of hydrogen-bond donors (Lipinski definition) is 10. The maximum absolute atomic E-state index is 13.0. The Morgan fingerprint density at radius 1 is 0.830 bits per heavy atom. The van der Waals surface area contributed by atoms with Crippen LogP contribution in [0.1, 0.15) is 34.5 Å². The van der Waals surface area contributed by atoms with E-state index in [1.165, 1.54) is 12.1 Å². The molecule has 47 heavy (non-hydrogen) atoms. The van der Waals surface area contributed by atoms with Crippen LogP contribution in [0.15, 0.2) is 42.2 Å². The number of aliphatic hydroxyl groups excluding tert-OH is 3. The SMILES string of the molecule is CC(=O)OC[C@H]1O[C@@H](Oc2cc(C3[OH+]c4cc(O)cc(O)c4C=C3O)cc(O)c2O)[C@H](OC(=O)c2cc(O)c(O)c(O)c2)[C@@H](O)[C@H]1O. The molecular weight excluding hydrogens is 632 g/mol. The predicted octanol–water partition coefficient (Wildman–Crippen LogP) is 1.14. The summed E-state index contributed by atoms with van der Waals surface area (Å²) in [6, 6.07) is 5.85. The quantitative estimate of drug-likeness (QED) is 0.0964. The van der Waals surface area contributed by atoms with Crippen molar-refractivity contribution in [2.75, 3.05) is 6.61 Å². The van der Waals surface area contributed by atoms with E-state index >= 15 is 0 Å². The molecule has 3 aromatic rings. The molecule has 1 fully saturated rings. The van der Waals surface area contributed by atoms with Gasteiger partial charge in [-0.3, -0.25) is 4.79 Å². The second kappa shape index (κ2) is 12.5. The summed E-state index contributed by atoms with van der Waals surface area (Å²) in [5.41, 5.74) is -0.423. The van der Waals surface area contributed by atoms with Crippen LogP contribution in [0.2, 0.25) is 0 Å². The van der Waals surface area contributed by atoms with Crippen molar-refractivity contribution in [3.05, 3.63) is 58.8 Å². The molecule has 5 rings (SSSR count). The van der Waals surface area contributed by atoms with Crippen LogP contribution in [0.25, 0.3) is 6.08 Å². The van der Waals surface area contributed by atoms with E-state index in [4.69, 9.17) is 18.9 Å². The molecule has 0 amide bonds. The van der Waals surface area contributed by atoms with Crippen molar-refractivity contribution < 1.29 is 84.3 Å². The van der Waals surface area contributed by atoms with Gasteiger partial charge in [-0.05, 0) is 24.3 Å². The third-order valence-electron chi connectivity index (χ3n) is 7.24. The summed E-state index contributed by atoms with van der Waals surface area (Å²) < 4.78 is 25.8. The van der Waals surface area contributed by atoms with E-state index in [2.05, 4.69) is 4.74 Å². The number of aromatic hydroxyl groups is 8. The first-order valence-electron chi connectivity index (χ1n) is 13.6. The average molecular weight is 662 g/mol. The topological polar surface area (TPSA) is 286 Å². The average Bonchev–Trinajstić information content (AvgIpc) is 3.00. The monoisotopic (exact) mass is 661 g/mol. The van der Waals surface area contributed by atoms with E-state index < -0.39 is 101 Å². The Morgan fingerprint density at radius 2 is 1.49 bits per heavy atom. The van der Waals surface area contributed by atoms with Crippen LogP contribution in [0.5, 0.6) is 51.7 Å². The summed E-state index contributed by atoms with van der Waals surface area (Å²) in [5, 5.41) is 103.